The molecule has 13 heavy (non-hydrogen) atoms. The molecule has 0 aliphatic heterocycles. The predicted molar refractivity (Wildman–Crippen MR) is 57.6 cm³/mol. The zero-order chi connectivity index (χ0) is 8.93. The smallest absolute Gasteiger partial charge is 0.0319 e. The second-order valence-electron chi connectivity index (χ2n) is 4.44. The highest BCUT2D eigenvalue weighted by molar-refractivity contribution is 4.95. The van der Waals surface area contributed by atoms with Gasteiger partial charge in [0.1, 0.15) is 0 Å². The standard InChI is InChI=1S/C13H20/c1-2-5-9-12(8-4-1)13-10-6-3-7-11-13/h1,3-4,6,12-13H,2,5,7-11H2. The summed E-state index contributed by atoms with van der Waals surface area (Å²) >= 11 is 0. The van der Waals surface area contributed by atoms with Gasteiger partial charge in [-0.25, -0.2) is 0 Å². The average molecular weight is 176 g/mol. The lowest BCUT2D eigenvalue weighted by Crippen LogP contribution is -2.15. The highest BCUT2D eigenvalue weighted by Gasteiger charge is 2.20. The van der Waals surface area contributed by atoms with E-state index in [9.17, 15) is 0 Å². The first-order valence-corrected chi connectivity index (χ1v) is 5.77. The van der Waals surface area contributed by atoms with Gasteiger partial charge in [0.2, 0.25) is 0 Å². The van der Waals surface area contributed by atoms with Gasteiger partial charge in [0.15, 0.2) is 0 Å². The van der Waals surface area contributed by atoms with Crippen molar-refractivity contribution in [2.24, 2.45) is 11.8 Å². The van der Waals surface area contributed by atoms with Crippen LogP contribution in [0.5, 0.6) is 0 Å². The lowest BCUT2D eigenvalue weighted by Gasteiger charge is -2.26. The van der Waals surface area contributed by atoms with E-state index in [1.54, 1.807) is 0 Å². The molecule has 2 aliphatic carbocycles. The Bertz CT molecular complexity index is 200. The molecule has 0 aromatic heterocycles. The van der Waals surface area contributed by atoms with Crippen molar-refractivity contribution in [3.63, 3.8) is 0 Å². The van der Waals surface area contributed by atoms with E-state index >= 15 is 0 Å². The first-order valence-electron chi connectivity index (χ1n) is 5.77. The number of hydrogen-bond donors (Lipinski definition) is 0. The van der Waals surface area contributed by atoms with Crippen LogP contribution in [0.15, 0.2) is 24.3 Å². The molecule has 2 rings (SSSR count). The van der Waals surface area contributed by atoms with E-state index < -0.39 is 0 Å². The van der Waals surface area contributed by atoms with Gasteiger partial charge in [0.25, 0.3) is 0 Å². The van der Waals surface area contributed by atoms with Gasteiger partial charge in [0.05, 0.1) is 0 Å². The first-order chi connectivity index (χ1) is 6.47. The fourth-order valence-corrected chi connectivity index (χ4v) is 2.68. The number of rotatable bonds is 1. The van der Waals surface area contributed by atoms with Crippen LogP contribution in [0, 0.1) is 11.8 Å². The summed E-state index contributed by atoms with van der Waals surface area (Å²) in [6.45, 7) is 0. The van der Waals surface area contributed by atoms with Crippen molar-refractivity contribution in [1.29, 1.82) is 0 Å². The Balaban J connectivity index is 1.90. The van der Waals surface area contributed by atoms with Gasteiger partial charge in [-0.3, -0.25) is 0 Å². The van der Waals surface area contributed by atoms with Crippen molar-refractivity contribution < 1.29 is 0 Å². The summed E-state index contributed by atoms with van der Waals surface area (Å²) in [6, 6.07) is 0. The SMILES string of the molecule is C1=CCC(C2CC=CCC2)CCC1. The van der Waals surface area contributed by atoms with E-state index in [0.717, 1.165) is 11.8 Å². The van der Waals surface area contributed by atoms with Crippen LogP contribution < -0.4 is 0 Å². The van der Waals surface area contributed by atoms with Gasteiger partial charge in [-0.05, 0) is 56.8 Å². The topological polar surface area (TPSA) is 0 Å². The van der Waals surface area contributed by atoms with Crippen molar-refractivity contribution >= 4 is 0 Å². The molecule has 0 saturated carbocycles. The van der Waals surface area contributed by atoms with Crippen LogP contribution in [-0.2, 0) is 0 Å². The van der Waals surface area contributed by atoms with Crippen molar-refractivity contribution in [3.05, 3.63) is 24.3 Å². The Kier molecular flexibility index (Phi) is 3.23. The number of hydrogen-bond acceptors (Lipinski definition) is 0. The van der Waals surface area contributed by atoms with E-state index in [0.29, 0.717) is 0 Å². The summed E-state index contributed by atoms with van der Waals surface area (Å²) in [5.74, 6) is 1.98. The Labute approximate surface area is 81.7 Å². The maximum absolute atomic E-state index is 2.41. The third-order valence-electron chi connectivity index (χ3n) is 3.53. The molecule has 0 aromatic carbocycles. The van der Waals surface area contributed by atoms with Gasteiger partial charge in [-0.15, -0.1) is 0 Å². The molecule has 72 valence electrons. The molecular weight excluding hydrogens is 156 g/mol. The van der Waals surface area contributed by atoms with Crippen molar-refractivity contribution in [2.75, 3.05) is 0 Å². The molecule has 0 saturated heterocycles. The van der Waals surface area contributed by atoms with E-state index in [1.807, 2.05) is 0 Å². The van der Waals surface area contributed by atoms with Crippen LogP contribution in [-0.4, -0.2) is 0 Å². The lowest BCUT2D eigenvalue weighted by molar-refractivity contribution is 0.292. The predicted octanol–water partition coefficient (Wildman–Crippen LogP) is 4.09. The van der Waals surface area contributed by atoms with Crippen LogP contribution in [0.1, 0.15) is 44.9 Å². The second-order valence-corrected chi connectivity index (χ2v) is 4.44. The van der Waals surface area contributed by atoms with Gasteiger partial charge in [-0.2, -0.15) is 0 Å². The van der Waals surface area contributed by atoms with E-state index in [1.165, 1.54) is 44.9 Å². The Hall–Kier alpha value is -0.520. The molecule has 0 heterocycles. The lowest BCUT2D eigenvalue weighted by atomic mass is 9.79. The molecule has 0 bridgehead atoms. The van der Waals surface area contributed by atoms with Gasteiger partial charge in [0, 0.05) is 0 Å². The first kappa shape index (κ1) is 9.05. The minimum atomic E-state index is 0.990. The Morgan fingerprint density at radius 1 is 0.692 bits per heavy atom. The van der Waals surface area contributed by atoms with E-state index in [2.05, 4.69) is 24.3 Å². The zero-order valence-corrected chi connectivity index (χ0v) is 8.41. The molecular formula is C13H20. The summed E-state index contributed by atoms with van der Waals surface area (Å²) in [6.07, 6.45) is 19.2. The van der Waals surface area contributed by atoms with Gasteiger partial charge < -0.3 is 0 Å². The fourth-order valence-electron chi connectivity index (χ4n) is 2.68. The van der Waals surface area contributed by atoms with Crippen LogP contribution in [0.3, 0.4) is 0 Å². The minimum absolute atomic E-state index is 0.990. The van der Waals surface area contributed by atoms with Crippen LogP contribution >= 0.6 is 0 Å². The normalized spacial score (nSPS) is 34.5. The molecule has 0 amide bonds. The highest BCUT2D eigenvalue weighted by Crippen LogP contribution is 2.33. The Morgan fingerprint density at radius 3 is 2.23 bits per heavy atom. The summed E-state index contributed by atoms with van der Waals surface area (Å²) < 4.78 is 0. The highest BCUT2D eigenvalue weighted by atomic mass is 14.3. The zero-order valence-electron chi connectivity index (χ0n) is 8.41. The molecule has 0 spiro atoms. The van der Waals surface area contributed by atoms with Crippen molar-refractivity contribution in [2.45, 2.75) is 44.9 Å². The third kappa shape index (κ3) is 2.46. The van der Waals surface area contributed by atoms with Crippen LogP contribution in [0.4, 0.5) is 0 Å². The quantitative estimate of drug-likeness (QED) is 0.528. The van der Waals surface area contributed by atoms with E-state index in [-0.39, 0.29) is 0 Å². The Morgan fingerprint density at radius 2 is 1.38 bits per heavy atom. The van der Waals surface area contributed by atoms with Gasteiger partial charge in [-0.1, -0.05) is 24.3 Å². The second kappa shape index (κ2) is 4.64. The van der Waals surface area contributed by atoms with Crippen molar-refractivity contribution in [3.8, 4) is 0 Å². The summed E-state index contributed by atoms with van der Waals surface area (Å²) in [4.78, 5) is 0. The van der Waals surface area contributed by atoms with E-state index in [4.69, 9.17) is 0 Å². The minimum Gasteiger partial charge on any atom is -0.0885 e. The molecule has 0 heteroatoms. The van der Waals surface area contributed by atoms with Crippen LogP contribution in [0.2, 0.25) is 0 Å². The number of allylic oxidation sites excluding steroid dienone is 4. The molecule has 0 fully saturated rings. The molecule has 2 atom stereocenters. The molecule has 2 unspecified atom stereocenters. The fraction of sp³-hybridized carbons (Fsp3) is 0.692. The monoisotopic (exact) mass is 176 g/mol. The summed E-state index contributed by atoms with van der Waals surface area (Å²) in [5.41, 5.74) is 0. The third-order valence-corrected chi connectivity index (χ3v) is 3.53. The van der Waals surface area contributed by atoms with Crippen LogP contribution in [0.25, 0.3) is 0 Å². The molecule has 0 radical (unpaired) electrons. The molecule has 0 aromatic rings. The molecule has 0 N–H and O–H groups in total. The summed E-state index contributed by atoms with van der Waals surface area (Å²) in [5, 5.41) is 0. The van der Waals surface area contributed by atoms with Gasteiger partial charge >= 0.3 is 0 Å². The largest absolute Gasteiger partial charge is 0.0885 e. The summed E-state index contributed by atoms with van der Waals surface area (Å²) in [7, 11) is 0. The average Bonchev–Trinajstić information content (AvgIpc) is 2.47. The molecule has 2 aliphatic rings. The maximum atomic E-state index is 2.41. The molecule has 0 nitrogen and oxygen atoms in total. The maximum Gasteiger partial charge on any atom is -0.0319 e. The van der Waals surface area contributed by atoms with Crippen molar-refractivity contribution in [1.82, 2.24) is 0 Å².